The Morgan fingerprint density at radius 2 is 1.68 bits per heavy atom. The minimum absolute atomic E-state index is 0.00372. The van der Waals surface area contributed by atoms with Gasteiger partial charge in [0.1, 0.15) is 5.75 Å². The molecule has 2 rings (SSSR count). The highest BCUT2D eigenvalue weighted by atomic mass is 16.5. The van der Waals surface area contributed by atoms with Gasteiger partial charge in [-0.05, 0) is 54.3 Å². The quantitative estimate of drug-likeness (QED) is 0.547. The number of carbonyl (C=O) groups is 1. The molecule has 0 bridgehead atoms. The smallest absolute Gasteiger partial charge is 0.185 e. The molecule has 114 valence electrons. The molecule has 0 saturated heterocycles. The zero-order valence-corrected chi connectivity index (χ0v) is 13.4. The molecule has 0 fully saturated rings. The van der Waals surface area contributed by atoms with E-state index >= 15 is 0 Å². The molecule has 2 aromatic rings. The van der Waals surface area contributed by atoms with Gasteiger partial charge in [-0.15, -0.1) is 0 Å². The maximum atomic E-state index is 12.1. The van der Waals surface area contributed by atoms with Gasteiger partial charge in [-0.1, -0.05) is 44.2 Å². The molecule has 0 aliphatic carbocycles. The zero-order valence-electron chi connectivity index (χ0n) is 13.4. The third-order valence-corrected chi connectivity index (χ3v) is 3.48. The Hall–Kier alpha value is -2.35. The van der Waals surface area contributed by atoms with Gasteiger partial charge in [0.2, 0.25) is 0 Å². The van der Waals surface area contributed by atoms with Crippen LogP contribution >= 0.6 is 0 Å². The highest BCUT2D eigenvalue weighted by molar-refractivity contribution is 6.06. The van der Waals surface area contributed by atoms with Gasteiger partial charge >= 0.3 is 0 Å². The lowest BCUT2D eigenvalue weighted by molar-refractivity contribution is 0.104. The molecule has 0 aliphatic rings. The maximum absolute atomic E-state index is 12.1. The van der Waals surface area contributed by atoms with Gasteiger partial charge in [0.25, 0.3) is 0 Å². The van der Waals surface area contributed by atoms with Crippen LogP contribution in [0, 0.1) is 0 Å². The molecule has 0 radical (unpaired) electrons. The highest BCUT2D eigenvalue weighted by Gasteiger charge is 2.02. The van der Waals surface area contributed by atoms with Crippen LogP contribution in [0.5, 0.6) is 5.75 Å². The molecular weight excluding hydrogens is 272 g/mol. The fraction of sp³-hybridized carbons (Fsp3) is 0.250. The first kappa shape index (κ1) is 16.0. The van der Waals surface area contributed by atoms with E-state index in [9.17, 15) is 4.79 Å². The number of rotatable bonds is 6. The lowest BCUT2D eigenvalue weighted by Crippen LogP contribution is -1.95. The lowest BCUT2D eigenvalue weighted by Gasteiger charge is -2.04. The second-order valence-electron chi connectivity index (χ2n) is 5.48. The van der Waals surface area contributed by atoms with Crippen LogP contribution in [0.4, 0.5) is 0 Å². The number of allylic oxidation sites excluding steroid dienone is 1. The normalized spacial score (nSPS) is 11.1. The largest absolute Gasteiger partial charge is 0.494 e. The summed E-state index contributed by atoms with van der Waals surface area (Å²) in [7, 11) is 0. The molecular formula is C20H22O2. The molecule has 0 spiro atoms. The topological polar surface area (TPSA) is 26.3 Å². The monoisotopic (exact) mass is 294 g/mol. The van der Waals surface area contributed by atoms with Crippen LogP contribution in [0.1, 0.15) is 48.2 Å². The van der Waals surface area contributed by atoms with Gasteiger partial charge < -0.3 is 4.74 Å². The fourth-order valence-corrected chi connectivity index (χ4v) is 2.14. The molecule has 22 heavy (non-hydrogen) atoms. The third kappa shape index (κ3) is 4.32. The molecule has 0 heterocycles. The van der Waals surface area contributed by atoms with E-state index in [-0.39, 0.29) is 5.78 Å². The number of hydrogen-bond donors (Lipinski definition) is 0. The van der Waals surface area contributed by atoms with Crippen molar-refractivity contribution in [1.82, 2.24) is 0 Å². The van der Waals surface area contributed by atoms with E-state index in [1.54, 1.807) is 18.2 Å². The van der Waals surface area contributed by atoms with Crippen LogP contribution in [0.3, 0.4) is 0 Å². The van der Waals surface area contributed by atoms with Gasteiger partial charge in [0.05, 0.1) is 6.61 Å². The van der Waals surface area contributed by atoms with E-state index in [1.807, 2.05) is 37.3 Å². The number of carbonyl (C=O) groups excluding carboxylic acids is 1. The summed E-state index contributed by atoms with van der Waals surface area (Å²) in [6, 6.07) is 15.5. The number of ketones is 1. The van der Waals surface area contributed by atoms with Gasteiger partial charge in [-0.25, -0.2) is 0 Å². The van der Waals surface area contributed by atoms with Crippen molar-refractivity contribution in [3.8, 4) is 5.75 Å². The molecule has 2 heteroatoms. The zero-order chi connectivity index (χ0) is 15.9. The van der Waals surface area contributed by atoms with Crippen LogP contribution < -0.4 is 4.74 Å². The average molecular weight is 294 g/mol. The van der Waals surface area contributed by atoms with E-state index in [0.29, 0.717) is 18.1 Å². The molecule has 0 aromatic heterocycles. The summed E-state index contributed by atoms with van der Waals surface area (Å²) in [5, 5.41) is 0. The lowest BCUT2D eigenvalue weighted by atomic mass is 10.0. The fourth-order valence-electron chi connectivity index (χ4n) is 2.14. The summed E-state index contributed by atoms with van der Waals surface area (Å²) >= 11 is 0. The van der Waals surface area contributed by atoms with Gasteiger partial charge in [0.15, 0.2) is 5.78 Å². The maximum Gasteiger partial charge on any atom is 0.185 e. The summed E-state index contributed by atoms with van der Waals surface area (Å²) in [6.45, 7) is 6.90. The van der Waals surface area contributed by atoms with Crippen molar-refractivity contribution in [3.63, 3.8) is 0 Å². The standard InChI is InChI=1S/C20H22O2/c1-4-22-19-12-10-18(11-13-19)20(21)14-7-16-5-8-17(9-6-16)15(2)3/h5-15H,4H2,1-3H3/b14-7+. The summed E-state index contributed by atoms with van der Waals surface area (Å²) in [5.41, 5.74) is 3.00. The van der Waals surface area contributed by atoms with Gasteiger partial charge in [-0.2, -0.15) is 0 Å². The summed E-state index contributed by atoms with van der Waals surface area (Å²) < 4.78 is 5.37. The molecule has 0 unspecified atom stereocenters. The first-order valence-electron chi connectivity index (χ1n) is 7.65. The molecule has 0 aliphatic heterocycles. The summed E-state index contributed by atoms with van der Waals surface area (Å²) in [6.07, 6.45) is 3.46. The van der Waals surface area contributed by atoms with Crippen LogP contribution in [-0.4, -0.2) is 12.4 Å². The van der Waals surface area contributed by atoms with Crippen LogP contribution in [0.15, 0.2) is 54.6 Å². The number of ether oxygens (including phenoxy) is 1. The summed E-state index contributed by atoms with van der Waals surface area (Å²) in [4.78, 5) is 12.1. The Morgan fingerprint density at radius 3 is 2.23 bits per heavy atom. The van der Waals surface area contributed by atoms with Crippen molar-refractivity contribution in [2.45, 2.75) is 26.7 Å². The highest BCUT2D eigenvalue weighted by Crippen LogP contribution is 2.16. The van der Waals surface area contributed by atoms with Crippen molar-refractivity contribution in [3.05, 3.63) is 71.3 Å². The van der Waals surface area contributed by atoms with E-state index in [1.165, 1.54) is 5.56 Å². The summed E-state index contributed by atoms with van der Waals surface area (Å²) in [5.74, 6) is 1.30. The van der Waals surface area contributed by atoms with Crippen molar-refractivity contribution in [1.29, 1.82) is 0 Å². The third-order valence-electron chi connectivity index (χ3n) is 3.48. The van der Waals surface area contributed by atoms with Crippen molar-refractivity contribution < 1.29 is 9.53 Å². The average Bonchev–Trinajstić information content (AvgIpc) is 2.54. The SMILES string of the molecule is CCOc1ccc(C(=O)/C=C/c2ccc(C(C)C)cc2)cc1. The van der Waals surface area contributed by atoms with E-state index in [4.69, 9.17) is 4.74 Å². The van der Waals surface area contributed by atoms with Crippen molar-refractivity contribution >= 4 is 11.9 Å². The number of benzene rings is 2. The molecule has 0 amide bonds. The Bertz CT molecular complexity index is 634. The van der Waals surface area contributed by atoms with Gasteiger partial charge in [0, 0.05) is 5.56 Å². The van der Waals surface area contributed by atoms with E-state index < -0.39 is 0 Å². The Morgan fingerprint density at radius 1 is 1.05 bits per heavy atom. The Balaban J connectivity index is 2.04. The minimum atomic E-state index is -0.00372. The Kier molecular flexibility index (Phi) is 5.54. The van der Waals surface area contributed by atoms with Crippen molar-refractivity contribution in [2.75, 3.05) is 6.61 Å². The Labute approximate surface area is 132 Å². The molecule has 0 saturated carbocycles. The van der Waals surface area contributed by atoms with Crippen molar-refractivity contribution in [2.24, 2.45) is 0 Å². The number of hydrogen-bond acceptors (Lipinski definition) is 2. The second-order valence-corrected chi connectivity index (χ2v) is 5.48. The molecule has 2 nitrogen and oxygen atoms in total. The second kappa shape index (κ2) is 7.60. The van der Waals surface area contributed by atoms with Crippen LogP contribution in [-0.2, 0) is 0 Å². The predicted molar refractivity (Wildman–Crippen MR) is 91.5 cm³/mol. The van der Waals surface area contributed by atoms with Gasteiger partial charge in [-0.3, -0.25) is 4.79 Å². The predicted octanol–water partition coefficient (Wildman–Crippen LogP) is 5.10. The van der Waals surface area contributed by atoms with E-state index in [0.717, 1.165) is 11.3 Å². The molecule has 2 aromatic carbocycles. The van der Waals surface area contributed by atoms with E-state index in [2.05, 4.69) is 26.0 Å². The molecule has 0 N–H and O–H groups in total. The first-order chi connectivity index (χ1) is 10.6. The first-order valence-corrected chi connectivity index (χ1v) is 7.65. The molecule has 0 atom stereocenters. The van der Waals surface area contributed by atoms with Crippen LogP contribution in [0.25, 0.3) is 6.08 Å². The minimum Gasteiger partial charge on any atom is -0.494 e. The van der Waals surface area contributed by atoms with Crippen LogP contribution in [0.2, 0.25) is 0 Å².